The van der Waals surface area contributed by atoms with Gasteiger partial charge in [0.1, 0.15) is 11.5 Å². The van der Waals surface area contributed by atoms with Crippen LogP contribution in [-0.4, -0.2) is 37.2 Å². The molecule has 7 nitrogen and oxygen atoms in total. The molecule has 2 amide bonds. The van der Waals surface area contributed by atoms with E-state index in [0.29, 0.717) is 36.2 Å². The molecule has 1 N–H and O–H groups in total. The number of urea groups is 1. The first-order chi connectivity index (χ1) is 15.2. The van der Waals surface area contributed by atoms with Gasteiger partial charge in [-0.05, 0) is 49.6 Å². The van der Waals surface area contributed by atoms with Crippen LogP contribution in [0.2, 0.25) is 5.02 Å². The third-order valence-corrected chi connectivity index (χ3v) is 5.59. The largest absolute Gasteiger partial charge is 0.433 e. The molecular formula is C21H20ClF3N6O. The number of nitrogens with zero attached hydrogens (tertiary/aromatic N) is 5. The Bertz CT molecular complexity index is 1100. The zero-order chi connectivity index (χ0) is 22.9. The van der Waals surface area contributed by atoms with Crippen LogP contribution in [0.5, 0.6) is 0 Å². The zero-order valence-corrected chi connectivity index (χ0v) is 17.9. The summed E-state index contributed by atoms with van der Waals surface area (Å²) in [7, 11) is 0. The molecule has 4 rings (SSSR count). The predicted molar refractivity (Wildman–Crippen MR) is 112 cm³/mol. The summed E-state index contributed by atoms with van der Waals surface area (Å²) in [4.78, 5) is 17.9. The number of anilines is 1. The van der Waals surface area contributed by atoms with Crippen LogP contribution in [0.15, 0.2) is 42.6 Å². The standard InChI is InChI=1S/C21H20ClF3N6O/c1-13-28-29-19(31(13)12-14-4-6-15(22)7-5-14)17-3-2-10-30(17)20(32)27-16-8-9-18(26-11-16)21(23,24)25/h4-9,11,17H,2-3,10,12H2,1H3,(H,27,32)/t17-/m1/s1. The number of benzene rings is 1. The maximum atomic E-state index is 12.9. The number of rotatable bonds is 4. The van der Waals surface area contributed by atoms with Gasteiger partial charge in [-0.25, -0.2) is 9.78 Å². The molecule has 1 saturated heterocycles. The van der Waals surface area contributed by atoms with Crippen LogP contribution >= 0.6 is 11.6 Å². The molecule has 2 aromatic heterocycles. The molecule has 0 aliphatic carbocycles. The lowest BCUT2D eigenvalue weighted by Gasteiger charge is -2.25. The van der Waals surface area contributed by atoms with E-state index >= 15 is 0 Å². The van der Waals surface area contributed by atoms with Crippen LogP contribution in [0.4, 0.5) is 23.7 Å². The van der Waals surface area contributed by atoms with Crippen LogP contribution in [0.3, 0.4) is 0 Å². The molecule has 0 unspecified atom stereocenters. The molecule has 11 heteroatoms. The number of likely N-dealkylation sites (tertiary alicyclic amines) is 1. The number of alkyl halides is 3. The van der Waals surface area contributed by atoms with E-state index in [1.54, 1.807) is 4.90 Å². The molecule has 1 aliphatic heterocycles. The molecule has 1 aromatic carbocycles. The van der Waals surface area contributed by atoms with Gasteiger partial charge < -0.3 is 14.8 Å². The second-order valence-corrected chi connectivity index (χ2v) is 7.97. The highest BCUT2D eigenvalue weighted by atomic mass is 35.5. The average molecular weight is 465 g/mol. The van der Waals surface area contributed by atoms with Crippen molar-refractivity contribution in [1.82, 2.24) is 24.6 Å². The van der Waals surface area contributed by atoms with E-state index in [-0.39, 0.29) is 11.7 Å². The van der Waals surface area contributed by atoms with Gasteiger partial charge in [-0.2, -0.15) is 13.2 Å². The van der Waals surface area contributed by atoms with Gasteiger partial charge in [0.25, 0.3) is 0 Å². The number of pyridine rings is 1. The fourth-order valence-corrected chi connectivity index (χ4v) is 3.85. The molecule has 1 atom stereocenters. The molecule has 3 aromatic rings. The number of carbonyl (C=O) groups is 1. The summed E-state index contributed by atoms with van der Waals surface area (Å²) in [6.07, 6.45) is -2.05. The summed E-state index contributed by atoms with van der Waals surface area (Å²) in [5.41, 5.74) is 0.191. The lowest BCUT2D eigenvalue weighted by Crippen LogP contribution is -2.35. The van der Waals surface area contributed by atoms with Crippen molar-refractivity contribution in [2.75, 3.05) is 11.9 Å². The van der Waals surface area contributed by atoms with Gasteiger partial charge in [0.05, 0.1) is 24.5 Å². The number of aryl methyl sites for hydroxylation is 1. The number of nitrogens with one attached hydrogen (secondary N) is 1. The fraction of sp³-hybridized carbons (Fsp3) is 0.333. The van der Waals surface area contributed by atoms with Crippen molar-refractivity contribution >= 4 is 23.3 Å². The molecule has 0 bridgehead atoms. The monoisotopic (exact) mass is 464 g/mol. The van der Waals surface area contributed by atoms with Gasteiger partial charge in [0.15, 0.2) is 5.82 Å². The molecule has 1 fully saturated rings. The Morgan fingerprint density at radius 3 is 2.59 bits per heavy atom. The van der Waals surface area contributed by atoms with Gasteiger partial charge >= 0.3 is 12.2 Å². The summed E-state index contributed by atoms with van der Waals surface area (Å²) in [5, 5.41) is 11.8. The quantitative estimate of drug-likeness (QED) is 0.584. The van der Waals surface area contributed by atoms with Gasteiger partial charge in [-0.15, -0.1) is 10.2 Å². The normalized spacial score (nSPS) is 16.4. The highest BCUT2D eigenvalue weighted by Crippen LogP contribution is 2.32. The minimum absolute atomic E-state index is 0.187. The zero-order valence-electron chi connectivity index (χ0n) is 17.1. The number of amides is 2. The number of aromatic nitrogens is 4. The molecule has 0 radical (unpaired) electrons. The van der Waals surface area contributed by atoms with Crippen molar-refractivity contribution in [2.45, 2.75) is 38.5 Å². The van der Waals surface area contributed by atoms with Crippen molar-refractivity contribution in [3.63, 3.8) is 0 Å². The summed E-state index contributed by atoms with van der Waals surface area (Å²) in [6.45, 7) is 2.87. The number of hydrogen-bond acceptors (Lipinski definition) is 4. The minimum atomic E-state index is -4.53. The van der Waals surface area contributed by atoms with Crippen molar-refractivity contribution in [3.05, 3.63) is 70.5 Å². The van der Waals surface area contributed by atoms with Gasteiger partial charge in [-0.1, -0.05) is 23.7 Å². The SMILES string of the molecule is Cc1nnc([C@H]2CCCN2C(=O)Nc2ccc(C(F)(F)F)nc2)n1Cc1ccc(Cl)cc1. The van der Waals surface area contributed by atoms with Crippen LogP contribution in [0, 0.1) is 6.92 Å². The van der Waals surface area contributed by atoms with E-state index in [0.717, 1.165) is 24.2 Å². The van der Waals surface area contributed by atoms with Crippen LogP contribution in [-0.2, 0) is 12.7 Å². The summed E-state index contributed by atoms with van der Waals surface area (Å²) in [6, 6.07) is 8.76. The van der Waals surface area contributed by atoms with Crippen LogP contribution < -0.4 is 5.32 Å². The average Bonchev–Trinajstić information content (AvgIpc) is 3.36. The van der Waals surface area contributed by atoms with E-state index < -0.39 is 17.9 Å². The summed E-state index contributed by atoms with van der Waals surface area (Å²) >= 11 is 5.97. The Morgan fingerprint density at radius 1 is 1.19 bits per heavy atom. The van der Waals surface area contributed by atoms with Crippen LogP contribution in [0.25, 0.3) is 0 Å². The fourth-order valence-electron chi connectivity index (χ4n) is 3.72. The van der Waals surface area contributed by atoms with Crippen molar-refractivity contribution < 1.29 is 18.0 Å². The Balaban J connectivity index is 1.51. The van der Waals surface area contributed by atoms with Crippen molar-refractivity contribution in [3.8, 4) is 0 Å². The van der Waals surface area contributed by atoms with Gasteiger partial charge in [0.2, 0.25) is 0 Å². The molecular weight excluding hydrogens is 445 g/mol. The minimum Gasteiger partial charge on any atom is -0.314 e. The van der Waals surface area contributed by atoms with E-state index in [4.69, 9.17) is 11.6 Å². The van der Waals surface area contributed by atoms with Crippen LogP contribution in [0.1, 0.15) is 41.8 Å². The van der Waals surface area contributed by atoms with Crippen molar-refractivity contribution in [2.24, 2.45) is 0 Å². The van der Waals surface area contributed by atoms with E-state index in [2.05, 4.69) is 20.5 Å². The molecule has 0 spiro atoms. The topological polar surface area (TPSA) is 75.9 Å². The maximum Gasteiger partial charge on any atom is 0.433 e. The maximum absolute atomic E-state index is 12.9. The van der Waals surface area contributed by atoms with E-state index in [1.807, 2.05) is 35.8 Å². The first-order valence-electron chi connectivity index (χ1n) is 9.97. The molecule has 1 aliphatic rings. The molecule has 0 saturated carbocycles. The Morgan fingerprint density at radius 2 is 1.94 bits per heavy atom. The van der Waals surface area contributed by atoms with E-state index in [9.17, 15) is 18.0 Å². The highest BCUT2D eigenvalue weighted by Gasteiger charge is 2.35. The second kappa shape index (κ2) is 8.78. The molecule has 168 valence electrons. The highest BCUT2D eigenvalue weighted by molar-refractivity contribution is 6.30. The number of carbonyl (C=O) groups excluding carboxylic acids is 1. The summed E-state index contributed by atoms with van der Waals surface area (Å²) in [5.74, 6) is 1.38. The number of halogens is 4. The second-order valence-electron chi connectivity index (χ2n) is 7.53. The molecule has 3 heterocycles. The Hall–Kier alpha value is -3.14. The number of hydrogen-bond donors (Lipinski definition) is 1. The Labute approximate surface area is 187 Å². The first kappa shape index (κ1) is 22.1. The predicted octanol–water partition coefficient (Wildman–Crippen LogP) is 5.07. The smallest absolute Gasteiger partial charge is 0.314 e. The van der Waals surface area contributed by atoms with Gasteiger partial charge in [0, 0.05) is 11.6 Å². The van der Waals surface area contributed by atoms with Crippen molar-refractivity contribution in [1.29, 1.82) is 0 Å². The van der Waals surface area contributed by atoms with E-state index in [1.165, 1.54) is 6.07 Å². The lowest BCUT2D eigenvalue weighted by atomic mass is 10.2. The third kappa shape index (κ3) is 4.69. The molecule has 32 heavy (non-hydrogen) atoms. The third-order valence-electron chi connectivity index (χ3n) is 5.34. The Kier molecular flexibility index (Phi) is 6.05. The first-order valence-corrected chi connectivity index (χ1v) is 10.3. The van der Waals surface area contributed by atoms with Gasteiger partial charge in [-0.3, -0.25) is 0 Å². The summed E-state index contributed by atoms with van der Waals surface area (Å²) < 4.78 is 40.1. The lowest BCUT2D eigenvalue weighted by molar-refractivity contribution is -0.141.